The third-order valence-electron chi connectivity index (χ3n) is 5.64. The normalized spacial score (nSPS) is 15.7. The molecule has 1 aromatic carbocycles. The summed E-state index contributed by atoms with van der Waals surface area (Å²) in [5.74, 6) is 0.501. The van der Waals surface area contributed by atoms with Crippen molar-refractivity contribution in [3.8, 4) is 5.69 Å². The van der Waals surface area contributed by atoms with Crippen molar-refractivity contribution in [2.24, 2.45) is 5.92 Å². The molecule has 2 heterocycles. The number of thiophene rings is 1. The summed E-state index contributed by atoms with van der Waals surface area (Å²) in [4.78, 5) is 32.8. The summed E-state index contributed by atoms with van der Waals surface area (Å²) in [7, 11) is 0. The average molecular weight is 457 g/mol. The smallest absolute Gasteiger partial charge is 0.316 e. The highest BCUT2D eigenvalue weighted by Crippen LogP contribution is 2.37. The van der Waals surface area contributed by atoms with Crippen LogP contribution < -0.4 is 5.56 Å². The number of para-hydroxylation sites is 1. The Balaban J connectivity index is 1.68. The van der Waals surface area contributed by atoms with Crippen LogP contribution in [0.4, 0.5) is 0 Å². The van der Waals surface area contributed by atoms with Gasteiger partial charge in [-0.1, -0.05) is 56.7 Å². The summed E-state index contributed by atoms with van der Waals surface area (Å²) < 4.78 is 6.99. The second kappa shape index (κ2) is 10.0. The first-order valence-electron chi connectivity index (χ1n) is 11.0. The van der Waals surface area contributed by atoms with Gasteiger partial charge in [0.2, 0.25) is 0 Å². The molecule has 4 rings (SSSR count). The van der Waals surface area contributed by atoms with Crippen LogP contribution in [0.5, 0.6) is 0 Å². The zero-order valence-electron chi connectivity index (χ0n) is 18.1. The average Bonchev–Trinajstić information content (AvgIpc) is 3.13. The van der Waals surface area contributed by atoms with Gasteiger partial charge in [0.1, 0.15) is 4.83 Å². The fourth-order valence-corrected chi connectivity index (χ4v) is 6.21. The van der Waals surface area contributed by atoms with Crippen molar-refractivity contribution in [1.82, 2.24) is 9.55 Å². The molecule has 1 aliphatic rings. The molecule has 1 atom stereocenters. The molecule has 5 nitrogen and oxygen atoms in total. The second-order valence-corrected chi connectivity index (χ2v) is 10.1. The highest BCUT2D eigenvalue weighted by Gasteiger charge is 2.25. The number of thioether (sulfide) groups is 1. The molecular formula is C24H28N2O3S2. The van der Waals surface area contributed by atoms with Crippen molar-refractivity contribution in [2.75, 3.05) is 12.4 Å². The van der Waals surface area contributed by atoms with E-state index in [1.54, 1.807) is 15.9 Å². The number of unbranched alkanes of at least 4 members (excludes halogenated alkanes) is 2. The number of esters is 1. The van der Waals surface area contributed by atoms with Crippen LogP contribution in [0.25, 0.3) is 15.9 Å². The number of hydrogen-bond acceptors (Lipinski definition) is 6. The Hall–Kier alpha value is -2.12. The Morgan fingerprint density at radius 1 is 1.29 bits per heavy atom. The Kier molecular flexibility index (Phi) is 7.13. The Labute approximate surface area is 190 Å². The first-order chi connectivity index (χ1) is 15.1. The number of aromatic nitrogens is 2. The molecule has 164 valence electrons. The summed E-state index contributed by atoms with van der Waals surface area (Å²) in [5.41, 5.74) is 1.90. The molecule has 0 spiro atoms. The van der Waals surface area contributed by atoms with Gasteiger partial charge in [0.05, 0.1) is 23.4 Å². The number of benzene rings is 1. The van der Waals surface area contributed by atoms with E-state index in [9.17, 15) is 9.59 Å². The number of nitrogens with zero attached hydrogens (tertiary/aromatic N) is 2. The molecule has 0 N–H and O–H groups in total. The molecule has 0 saturated carbocycles. The maximum Gasteiger partial charge on any atom is 0.316 e. The van der Waals surface area contributed by atoms with Gasteiger partial charge >= 0.3 is 5.97 Å². The molecule has 0 aliphatic heterocycles. The van der Waals surface area contributed by atoms with Crippen LogP contribution in [0.15, 0.2) is 40.3 Å². The third-order valence-corrected chi connectivity index (χ3v) is 7.70. The zero-order chi connectivity index (χ0) is 21.8. The zero-order valence-corrected chi connectivity index (χ0v) is 19.7. The van der Waals surface area contributed by atoms with Crippen LogP contribution >= 0.6 is 23.1 Å². The first kappa shape index (κ1) is 22.1. The predicted octanol–water partition coefficient (Wildman–Crippen LogP) is 5.40. The van der Waals surface area contributed by atoms with Crippen molar-refractivity contribution in [3.05, 3.63) is 51.1 Å². The van der Waals surface area contributed by atoms with Crippen molar-refractivity contribution in [2.45, 2.75) is 57.5 Å². The molecule has 31 heavy (non-hydrogen) atoms. The lowest BCUT2D eigenvalue weighted by Crippen LogP contribution is -2.23. The van der Waals surface area contributed by atoms with Crippen LogP contribution in [0, 0.1) is 5.92 Å². The number of fused-ring (bicyclic) bond motifs is 3. The van der Waals surface area contributed by atoms with Crippen molar-refractivity contribution < 1.29 is 9.53 Å². The van der Waals surface area contributed by atoms with Gasteiger partial charge in [-0.3, -0.25) is 14.2 Å². The topological polar surface area (TPSA) is 61.2 Å². The van der Waals surface area contributed by atoms with Gasteiger partial charge in [-0.05, 0) is 49.3 Å². The van der Waals surface area contributed by atoms with Crippen molar-refractivity contribution in [3.63, 3.8) is 0 Å². The number of hydrogen-bond donors (Lipinski definition) is 0. The van der Waals surface area contributed by atoms with E-state index in [2.05, 4.69) is 13.8 Å². The quantitative estimate of drug-likeness (QED) is 0.197. The number of carbonyl (C=O) groups excluding carboxylic acids is 1. The largest absolute Gasteiger partial charge is 0.465 e. The van der Waals surface area contributed by atoms with Gasteiger partial charge in [0.25, 0.3) is 5.56 Å². The number of ether oxygens (including phenoxy) is 1. The summed E-state index contributed by atoms with van der Waals surface area (Å²) in [6.45, 7) is 4.82. The molecule has 0 fully saturated rings. The standard InChI is InChI=1S/C24H28N2O3S2/c1-3-4-8-13-29-20(27)15-30-24-25-22-21(18-12-11-16(2)14-19(18)31-22)23(28)26(24)17-9-6-5-7-10-17/h5-7,9-10,16H,3-4,8,11-15H2,1-2H3. The molecule has 0 bridgehead atoms. The molecule has 7 heteroatoms. The minimum atomic E-state index is -0.269. The molecule has 1 aliphatic carbocycles. The Morgan fingerprint density at radius 3 is 2.87 bits per heavy atom. The maximum absolute atomic E-state index is 13.7. The highest BCUT2D eigenvalue weighted by atomic mass is 32.2. The molecular weight excluding hydrogens is 428 g/mol. The van der Waals surface area contributed by atoms with Gasteiger partial charge < -0.3 is 4.74 Å². The molecule has 3 aromatic rings. The minimum absolute atomic E-state index is 0.0398. The fraction of sp³-hybridized carbons (Fsp3) is 0.458. The van der Waals surface area contributed by atoms with E-state index in [0.29, 0.717) is 17.7 Å². The summed E-state index contributed by atoms with van der Waals surface area (Å²) >= 11 is 2.91. The number of rotatable bonds is 8. The fourth-order valence-electron chi connectivity index (χ4n) is 3.98. The molecule has 0 amide bonds. The van der Waals surface area contributed by atoms with Gasteiger partial charge in [-0.2, -0.15) is 0 Å². The second-order valence-electron chi connectivity index (χ2n) is 8.12. The van der Waals surface area contributed by atoms with Crippen LogP contribution in [0.1, 0.15) is 50.0 Å². The lowest BCUT2D eigenvalue weighted by molar-refractivity contribution is -0.140. The van der Waals surface area contributed by atoms with Crippen LogP contribution in [0.3, 0.4) is 0 Å². The summed E-state index contributed by atoms with van der Waals surface area (Å²) in [6.07, 6.45) is 6.05. The van der Waals surface area contributed by atoms with E-state index in [1.165, 1.54) is 22.2 Å². The molecule has 1 unspecified atom stereocenters. The molecule has 0 saturated heterocycles. The van der Waals surface area contributed by atoms with Gasteiger partial charge in [-0.15, -0.1) is 11.3 Å². The van der Waals surface area contributed by atoms with Crippen LogP contribution in [-0.4, -0.2) is 27.9 Å². The SMILES string of the molecule is CCCCCOC(=O)CSc1nc2sc3c(c2c(=O)n1-c1ccccc1)CCC(C)C3. The van der Waals surface area contributed by atoms with Crippen molar-refractivity contribution >= 4 is 39.3 Å². The van der Waals surface area contributed by atoms with E-state index >= 15 is 0 Å². The van der Waals surface area contributed by atoms with Crippen molar-refractivity contribution in [1.29, 1.82) is 0 Å². The Morgan fingerprint density at radius 2 is 2.10 bits per heavy atom. The third kappa shape index (κ3) is 4.88. The van der Waals surface area contributed by atoms with E-state index < -0.39 is 0 Å². The molecule has 2 aromatic heterocycles. The van der Waals surface area contributed by atoms with Gasteiger partial charge in [-0.25, -0.2) is 4.98 Å². The van der Waals surface area contributed by atoms with E-state index in [-0.39, 0.29) is 17.3 Å². The van der Waals surface area contributed by atoms with Crippen LogP contribution in [0.2, 0.25) is 0 Å². The Bertz CT molecular complexity index is 1120. The lowest BCUT2D eigenvalue weighted by atomic mass is 9.89. The monoisotopic (exact) mass is 456 g/mol. The van der Waals surface area contributed by atoms with Gasteiger partial charge in [0.15, 0.2) is 5.16 Å². The predicted molar refractivity (Wildman–Crippen MR) is 128 cm³/mol. The minimum Gasteiger partial charge on any atom is -0.465 e. The summed E-state index contributed by atoms with van der Waals surface area (Å²) in [6, 6.07) is 9.56. The summed E-state index contributed by atoms with van der Waals surface area (Å²) in [5, 5.41) is 1.29. The maximum atomic E-state index is 13.7. The first-order valence-corrected chi connectivity index (χ1v) is 12.8. The molecule has 0 radical (unpaired) electrons. The van der Waals surface area contributed by atoms with E-state index in [0.717, 1.165) is 54.4 Å². The highest BCUT2D eigenvalue weighted by molar-refractivity contribution is 7.99. The lowest BCUT2D eigenvalue weighted by Gasteiger charge is -2.17. The van der Waals surface area contributed by atoms with E-state index in [1.807, 2.05) is 30.3 Å². The number of carbonyl (C=O) groups is 1. The van der Waals surface area contributed by atoms with E-state index in [4.69, 9.17) is 9.72 Å². The van der Waals surface area contributed by atoms with Gasteiger partial charge in [0, 0.05) is 4.88 Å². The van der Waals surface area contributed by atoms with Crippen LogP contribution in [-0.2, 0) is 22.4 Å². The number of aryl methyl sites for hydroxylation is 1.